The fraction of sp³-hybridized carbons (Fsp3) is 0.158. The first-order chi connectivity index (χ1) is 11.3. The van der Waals surface area contributed by atoms with E-state index in [4.69, 9.17) is 0 Å². The van der Waals surface area contributed by atoms with E-state index in [1.54, 1.807) is 6.21 Å². The fourth-order valence-electron chi connectivity index (χ4n) is 2.73. The highest BCUT2D eigenvalue weighted by molar-refractivity contribution is 6.06. The molecule has 1 aromatic heterocycles. The Bertz CT molecular complexity index is 876. The third-order valence-electron chi connectivity index (χ3n) is 4.13. The van der Waals surface area contributed by atoms with Crippen LogP contribution in [-0.4, -0.2) is 17.1 Å². The van der Waals surface area contributed by atoms with Crippen molar-refractivity contribution in [3.63, 3.8) is 0 Å². The lowest BCUT2D eigenvalue weighted by atomic mass is 10.1. The maximum absolute atomic E-state index is 11.7. The first kappa shape index (κ1) is 13.8. The van der Waals surface area contributed by atoms with Crippen molar-refractivity contribution < 1.29 is 4.79 Å². The predicted molar refractivity (Wildman–Crippen MR) is 92.2 cm³/mol. The van der Waals surface area contributed by atoms with E-state index in [2.05, 4.69) is 33.7 Å². The number of fused-ring (bicyclic) bond motifs is 1. The number of nitrogens with one attached hydrogen (secondary N) is 2. The van der Waals surface area contributed by atoms with Crippen LogP contribution >= 0.6 is 0 Å². The zero-order chi connectivity index (χ0) is 15.6. The highest BCUT2D eigenvalue weighted by atomic mass is 16.2. The van der Waals surface area contributed by atoms with Crippen LogP contribution in [0.3, 0.4) is 0 Å². The Balaban J connectivity index is 1.73. The van der Waals surface area contributed by atoms with Gasteiger partial charge in [0.15, 0.2) is 0 Å². The van der Waals surface area contributed by atoms with Gasteiger partial charge in [0.05, 0.1) is 11.9 Å². The molecule has 0 atom stereocenters. The second-order valence-electron chi connectivity index (χ2n) is 5.83. The van der Waals surface area contributed by atoms with Gasteiger partial charge in [-0.05, 0) is 24.5 Å². The van der Waals surface area contributed by atoms with Crippen molar-refractivity contribution in [2.75, 3.05) is 0 Å². The van der Waals surface area contributed by atoms with Gasteiger partial charge in [-0.1, -0.05) is 48.5 Å². The summed E-state index contributed by atoms with van der Waals surface area (Å²) in [6.07, 6.45) is 3.69. The van der Waals surface area contributed by atoms with Crippen molar-refractivity contribution >= 4 is 23.0 Å². The van der Waals surface area contributed by atoms with Gasteiger partial charge in [0.25, 0.3) is 0 Å². The van der Waals surface area contributed by atoms with Crippen molar-refractivity contribution in [3.05, 3.63) is 60.2 Å². The Kier molecular flexibility index (Phi) is 3.42. The van der Waals surface area contributed by atoms with Gasteiger partial charge < -0.3 is 4.98 Å². The number of carbonyl (C=O) groups excluding carboxylic acids is 1. The molecule has 23 heavy (non-hydrogen) atoms. The van der Waals surface area contributed by atoms with E-state index >= 15 is 0 Å². The molecule has 1 amide bonds. The van der Waals surface area contributed by atoms with Gasteiger partial charge in [0.1, 0.15) is 0 Å². The lowest BCUT2D eigenvalue weighted by Crippen LogP contribution is -2.18. The monoisotopic (exact) mass is 303 g/mol. The number of hydrogen-bond donors (Lipinski definition) is 2. The molecule has 4 rings (SSSR count). The molecule has 3 aromatic rings. The van der Waals surface area contributed by atoms with Gasteiger partial charge in [-0.15, -0.1) is 0 Å². The number of hydrazone groups is 1. The summed E-state index contributed by atoms with van der Waals surface area (Å²) in [5.74, 6) is 0.172. The minimum absolute atomic E-state index is 0.0161. The van der Waals surface area contributed by atoms with E-state index in [0.717, 1.165) is 40.6 Å². The molecule has 1 aliphatic carbocycles. The topological polar surface area (TPSA) is 57.2 Å². The largest absolute Gasteiger partial charge is 0.354 e. The SMILES string of the molecule is O=C(N/N=C/c1c(-c2ccccc2)[nH]c2ccccc12)C1CC1. The van der Waals surface area contributed by atoms with Crippen LogP contribution in [0.5, 0.6) is 0 Å². The maximum Gasteiger partial charge on any atom is 0.243 e. The number of hydrogen-bond acceptors (Lipinski definition) is 2. The second-order valence-corrected chi connectivity index (χ2v) is 5.83. The average Bonchev–Trinajstić information content (AvgIpc) is 3.38. The molecule has 1 heterocycles. The molecule has 0 radical (unpaired) electrons. The Morgan fingerprint density at radius 3 is 2.61 bits per heavy atom. The van der Waals surface area contributed by atoms with Crippen LogP contribution in [0.1, 0.15) is 18.4 Å². The lowest BCUT2D eigenvalue weighted by molar-refractivity contribution is -0.122. The van der Waals surface area contributed by atoms with Crippen LogP contribution < -0.4 is 5.43 Å². The van der Waals surface area contributed by atoms with E-state index in [1.807, 2.05) is 36.4 Å². The Morgan fingerprint density at radius 2 is 1.83 bits per heavy atom. The number of benzene rings is 2. The maximum atomic E-state index is 11.7. The molecule has 4 nitrogen and oxygen atoms in total. The summed E-state index contributed by atoms with van der Waals surface area (Å²) in [6.45, 7) is 0. The van der Waals surface area contributed by atoms with Crippen molar-refractivity contribution in [2.24, 2.45) is 11.0 Å². The quantitative estimate of drug-likeness (QED) is 0.560. The van der Waals surface area contributed by atoms with Crippen LogP contribution in [0.25, 0.3) is 22.2 Å². The van der Waals surface area contributed by atoms with Crippen LogP contribution in [-0.2, 0) is 4.79 Å². The molecule has 0 spiro atoms. The van der Waals surface area contributed by atoms with Crippen molar-refractivity contribution in [3.8, 4) is 11.3 Å². The van der Waals surface area contributed by atoms with Crippen LogP contribution in [0.2, 0.25) is 0 Å². The first-order valence-electron chi connectivity index (χ1n) is 7.82. The first-order valence-corrected chi connectivity index (χ1v) is 7.82. The van der Waals surface area contributed by atoms with E-state index in [-0.39, 0.29) is 11.8 Å². The van der Waals surface area contributed by atoms with Crippen molar-refractivity contribution in [1.29, 1.82) is 0 Å². The molecule has 2 aromatic carbocycles. The van der Waals surface area contributed by atoms with Gasteiger partial charge in [-0.2, -0.15) is 5.10 Å². The van der Waals surface area contributed by atoms with E-state index in [9.17, 15) is 4.79 Å². The highest BCUT2D eigenvalue weighted by Gasteiger charge is 2.29. The summed E-state index contributed by atoms with van der Waals surface area (Å²) in [4.78, 5) is 15.2. The molecular formula is C19H17N3O. The summed E-state index contributed by atoms with van der Waals surface area (Å²) in [6, 6.07) is 18.2. The number of carbonyl (C=O) groups is 1. The van der Waals surface area contributed by atoms with Crippen molar-refractivity contribution in [1.82, 2.24) is 10.4 Å². The molecule has 2 N–H and O–H groups in total. The van der Waals surface area contributed by atoms with Crippen LogP contribution in [0.15, 0.2) is 59.7 Å². The number of amides is 1. The van der Waals surface area contributed by atoms with Crippen LogP contribution in [0, 0.1) is 5.92 Å². The van der Waals surface area contributed by atoms with Gasteiger partial charge in [0.2, 0.25) is 5.91 Å². The molecule has 0 unspecified atom stereocenters. The molecule has 0 saturated heterocycles. The number of nitrogens with zero attached hydrogens (tertiary/aromatic N) is 1. The Morgan fingerprint density at radius 1 is 1.09 bits per heavy atom. The Hall–Kier alpha value is -2.88. The smallest absolute Gasteiger partial charge is 0.243 e. The summed E-state index contributed by atoms with van der Waals surface area (Å²) >= 11 is 0. The summed E-state index contributed by atoms with van der Waals surface area (Å²) < 4.78 is 0. The summed E-state index contributed by atoms with van der Waals surface area (Å²) in [5.41, 5.74) is 6.79. The minimum atomic E-state index is 0.0161. The van der Waals surface area contributed by atoms with Gasteiger partial charge in [0, 0.05) is 22.4 Å². The highest BCUT2D eigenvalue weighted by Crippen LogP contribution is 2.30. The second kappa shape index (κ2) is 5.72. The molecule has 114 valence electrons. The molecule has 1 aliphatic rings. The molecule has 1 fully saturated rings. The van der Waals surface area contributed by atoms with Gasteiger partial charge in [-0.3, -0.25) is 4.79 Å². The zero-order valence-corrected chi connectivity index (χ0v) is 12.6. The predicted octanol–water partition coefficient (Wildman–Crippen LogP) is 3.70. The molecular weight excluding hydrogens is 286 g/mol. The molecule has 0 aliphatic heterocycles. The molecule has 4 heteroatoms. The standard InChI is InChI=1S/C19H17N3O/c23-19(14-10-11-14)22-20-12-16-15-8-4-5-9-17(15)21-18(16)13-6-2-1-3-7-13/h1-9,12,14,21H,10-11H2,(H,22,23)/b20-12+. The van der Waals surface area contributed by atoms with Gasteiger partial charge in [-0.25, -0.2) is 5.43 Å². The normalized spacial score (nSPS) is 14.4. The van der Waals surface area contributed by atoms with E-state index in [0.29, 0.717) is 0 Å². The minimum Gasteiger partial charge on any atom is -0.354 e. The number of H-pyrrole nitrogens is 1. The molecule has 1 saturated carbocycles. The summed E-state index contributed by atoms with van der Waals surface area (Å²) in [7, 11) is 0. The Labute approximate surface area is 134 Å². The number of para-hydroxylation sites is 1. The number of aromatic nitrogens is 1. The van der Waals surface area contributed by atoms with Gasteiger partial charge >= 0.3 is 0 Å². The van der Waals surface area contributed by atoms with E-state index < -0.39 is 0 Å². The average molecular weight is 303 g/mol. The third kappa shape index (κ3) is 2.75. The zero-order valence-electron chi connectivity index (χ0n) is 12.6. The van der Waals surface area contributed by atoms with Crippen molar-refractivity contribution in [2.45, 2.75) is 12.8 Å². The lowest BCUT2D eigenvalue weighted by Gasteiger charge is -2.01. The van der Waals surface area contributed by atoms with Crippen LogP contribution in [0.4, 0.5) is 0 Å². The fourth-order valence-corrected chi connectivity index (χ4v) is 2.73. The third-order valence-corrected chi connectivity index (χ3v) is 4.13. The number of rotatable bonds is 4. The molecule has 0 bridgehead atoms. The number of aromatic amines is 1. The summed E-state index contributed by atoms with van der Waals surface area (Å²) in [5, 5.41) is 5.26. The van der Waals surface area contributed by atoms with E-state index in [1.165, 1.54) is 0 Å².